The molecule has 9 heteroatoms. The van der Waals surface area contributed by atoms with Crippen molar-refractivity contribution in [3.05, 3.63) is 18.0 Å². The molecule has 138 valence electrons. The second-order valence-electron chi connectivity index (χ2n) is 5.52. The van der Waals surface area contributed by atoms with Crippen molar-refractivity contribution >= 4 is 17.9 Å². The quantitative estimate of drug-likeness (QED) is 0.727. The minimum atomic E-state index is -0.334. The van der Waals surface area contributed by atoms with Gasteiger partial charge in [0.25, 0.3) is 5.91 Å². The average molecular weight is 351 g/mol. The summed E-state index contributed by atoms with van der Waals surface area (Å²) < 4.78 is 9.96. The lowest BCUT2D eigenvalue weighted by Crippen LogP contribution is -2.50. The van der Waals surface area contributed by atoms with Crippen LogP contribution in [0.5, 0.6) is 0 Å². The second-order valence-corrected chi connectivity index (χ2v) is 5.52. The predicted molar refractivity (Wildman–Crippen MR) is 91.5 cm³/mol. The number of hydrogen-bond acceptors (Lipinski definition) is 7. The summed E-state index contributed by atoms with van der Waals surface area (Å²) in [6.45, 7) is 5.26. The first-order valence-corrected chi connectivity index (χ1v) is 8.42. The van der Waals surface area contributed by atoms with Crippen molar-refractivity contribution in [2.45, 2.75) is 13.3 Å². The van der Waals surface area contributed by atoms with Crippen LogP contribution in [0, 0.1) is 0 Å². The summed E-state index contributed by atoms with van der Waals surface area (Å²) in [5.41, 5.74) is 0.342. The molecule has 9 nitrogen and oxygen atoms in total. The Morgan fingerprint density at radius 1 is 1.24 bits per heavy atom. The number of carbonyl (C=O) groups is 2. The van der Waals surface area contributed by atoms with Gasteiger partial charge in [-0.1, -0.05) is 0 Å². The molecule has 1 aromatic heterocycles. The van der Waals surface area contributed by atoms with E-state index in [-0.39, 0.29) is 12.0 Å². The Kier molecular flexibility index (Phi) is 7.39. The summed E-state index contributed by atoms with van der Waals surface area (Å²) in [4.78, 5) is 36.0. The lowest BCUT2D eigenvalue weighted by Gasteiger charge is -2.33. The van der Waals surface area contributed by atoms with Gasteiger partial charge in [0.2, 0.25) is 5.95 Å². The zero-order chi connectivity index (χ0) is 18.1. The summed E-state index contributed by atoms with van der Waals surface area (Å²) in [5.74, 6) is 0.262. The van der Waals surface area contributed by atoms with E-state index in [1.165, 1.54) is 0 Å². The maximum absolute atomic E-state index is 12.6. The molecule has 0 aliphatic carbocycles. The standard InChI is InChI=1S/C16H25N5O4/c1-3-25-16(23)21-10-8-20(9-11-21)14(22)13-5-7-18-15(19-13)17-6-4-12-24-2/h5,7H,3-4,6,8-12H2,1-2H3,(H,17,18,19). The van der Waals surface area contributed by atoms with Crippen LogP contribution >= 0.6 is 0 Å². The Balaban J connectivity index is 1.87. The fourth-order valence-electron chi connectivity index (χ4n) is 2.45. The van der Waals surface area contributed by atoms with Gasteiger partial charge in [0.05, 0.1) is 6.61 Å². The molecule has 1 N–H and O–H groups in total. The molecule has 0 bridgehead atoms. The normalized spacial score (nSPS) is 14.3. The number of methoxy groups -OCH3 is 1. The van der Waals surface area contributed by atoms with Gasteiger partial charge in [0.15, 0.2) is 0 Å². The monoisotopic (exact) mass is 351 g/mol. The molecule has 0 radical (unpaired) electrons. The van der Waals surface area contributed by atoms with Crippen molar-refractivity contribution in [3.8, 4) is 0 Å². The van der Waals surface area contributed by atoms with Gasteiger partial charge < -0.3 is 24.6 Å². The van der Waals surface area contributed by atoms with E-state index >= 15 is 0 Å². The molecule has 2 heterocycles. The zero-order valence-corrected chi connectivity index (χ0v) is 14.7. The van der Waals surface area contributed by atoms with Crippen LogP contribution in [-0.4, -0.2) is 84.8 Å². The highest BCUT2D eigenvalue weighted by Gasteiger charge is 2.26. The van der Waals surface area contributed by atoms with Crippen molar-refractivity contribution < 1.29 is 19.1 Å². The lowest BCUT2D eigenvalue weighted by atomic mass is 10.3. The van der Waals surface area contributed by atoms with Gasteiger partial charge in [-0.25, -0.2) is 14.8 Å². The van der Waals surface area contributed by atoms with Crippen LogP contribution in [0.15, 0.2) is 12.3 Å². The minimum absolute atomic E-state index is 0.161. The third kappa shape index (κ3) is 5.56. The number of piperazine rings is 1. The number of hydrogen-bond donors (Lipinski definition) is 1. The number of aromatic nitrogens is 2. The van der Waals surface area contributed by atoms with Crippen molar-refractivity contribution in [2.24, 2.45) is 0 Å². The first kappa shape index (κ1) is 18.9. The highest BCUT2D eigenvalue weighted by atomic mass is 16.6. The van der Waals surface area contributed by atoms with Gasteiger partial charge in [-0.3, -0.25) is 4.79 Å². The van der Waals surface area contributed by atoms with E-state index in [0.29, 0.717) is 57.6 Å². The average Bonchev–Trinajstić information content (AvgIpc) is 2.65. The van der Waals surface area contributed by atoms with Gasteiger partial charge in [0.1, 0.15) is 5.69 Å². The Bertz CT molecular complexity index is 575. The van der Waals surface area contributed by atoms with Gasteiger partial charge in [-0.05, 0) is 19.4 Å². The topological polar surface area (TPSA) is 96.9 Å². The van der Waals surface area contributed by atoms with E-state index in [9.17, 15) is 9.59 Å². The predicted octanol–water partition coefficient (Wildman–Crippen LogP) is 0.839. The first-order chi connectivity index (χ1) is 12.2. The van der Waals surface area contributed by atoms with Crippen LogP contribution < -0.4 is 5.32 Å². The van der Waals surface area contributed by atoms with Crippen molar-refractivity contribution in [2.75, 3.05) is 58.4 Å². The second kappa shape index (κ2) is 9.77. The largest absolute Gasteiger partial charge is 0.450 e. The van der Waals surface area contributed by atoms with Gasteiger partial charge in [-0.2, -0.15) is 0 Å². The van der Waals surface area contributed by atoms with E-state index in [4.69, 9.17) is 9.47 Å². The maximum atomic E-state index is 12.6. The SMILES string of the molecule is CCOC(=O)N1CCN(C(=O)c2ccnc(NCCCOC)n2)CC1. The molecule has 1 saturated heterocycles. The fraction of sp³-hybridized carbons (Fsp3) is 0.625. The molecule has 1 aliphatic rings. The molecule has 0 unspecified atom stereocenters. The molecule has 2 amide bonds. The molecule has 2 rings (SSSR count). The molecule has 0 atom stereocenters. The summed E-state index contributed by atoms with van der Waals surface area (Å²) in [6, 6.07) is 1.60. The molecule has 1 fully saturated rings. The number of amides is 2. The fourth-order valence-corrected chi connectivity index (χ4v) is 2.45. The number of nitrogens with one attached hydrogen (secondary N) is 1. The third-order valence-corrected chi connectivity index (χ3v) is 3.78. The molecule has 0 aromatic carbocycles. The van der Waals surface area contributed by atoms with E-state index in [2.05, 4.69) is 15.3 Å². The highest BCUT2D eigenvalue weighted by Crippen LogP contribution is 2.09. The van der Waals surface area contributed by atoms with Crippen LogP contribution in [0.4, 0.5) is 10.7 Å². The third-order valence-electron chi connectivity index (χ3n) is 3.78. The van der Waals surface area contributed by atoms with E-state index in [0.717, 1.165) is 6.42 Å². The van der Waals surface area contributed by atoms with Crippen LogP contribution in [0.25, 0.3) is 0 Å². The van der Waals surface area contributed by atoms with E-state index < -0.39 is 0 Å². The Hall–Kier alpha value is -2.42. The van der Waals surface area contributed by atoms with E-state index in [1.54, 1.807) is 36.1 Å². The summed E-state index contributed by atoms with van der Waals surface area (Å²) in [5, 5.41) is 3.07. The Labute approximate surface area is 147 Å². The van der Waals surface area contributed by atoms with Crippen LogP contribution in [0.1, 0.15) is 23.8 Å². The molecule has 0 spiro atoms. The van der Waals surface area contributed by atoms with Gasteiger partial charge in [0, 0.05) is 52.6 Å². The van der Waals surface area contributed by atoms with E-state index in [1.807, 2.05) is 0 Å². The molecule has 1 aliphatic heterocycles. The van der Waals surface area contributed by atoms with Crippen molar-refractivity contribution in [1.29, 1.82) is 0 Å². The van der Waals surface area contributed by atoms with Crippen LogP contribution in [-0.2, 0) is 9.47 Å². The molecular weight excluding hydrogens is 326 g/mol. The lowest BCUT2D eigenvalue weighted by molar-refractivity contribution is 0.0566. The zero-order valence-electron chi connectivity index (χ0n) is 14.7. The van der Waals surface area contributed by atoms with Gasteiger partial charge >= 0.3 is 6.09 Å². The number of ether oxygens (including phenoxy) is 2. The molecule has 25 heavy (non-hydrogen) atoms. The van der Waals surface area contributed by atoms with Crippen LogP contribution in [0.2, 0.25) is 0 Å². The smallest absolute Gasteiger partial charge is 0.409 e. The molecular formula is C16H25N5O4. The van der Waals surface area contributed by atoms with Crippen molar-refractivity contribution in [3.63, 3.8) is 0 Å². The first-order valence-electron chi connectivity index (χ1n) is 8.42. The molecule has 1 aromatic rings. The molecule has 0 saturated carbocycles. The van der Waals surface area contributed by atoms with Gasteiger partial charge in [-0.15, -0.1) is 0 Å². The highest BCUT2D eigenvalue weighted by molar-refractivity contribution is 5.92. The maximum Gasteiger partial charge on any atom is 0.409 e. The number of rotatable bonds is 7. The summed E-state index contributed by atoms with van der Waals surface area (Å²) in [6.07, 6.45) is 2.06. The minimum Gasteiger partial charge on any atom is -0.450 e. The van der Waals surface area contributed by atoms with Crippen LogP contribution in [0.3, 0.4) is 0 Å². The Morgan fingerprint density at radius 3 is 2.64 bits per heavy atom. The summed E-state index contributed by atoms with van der Waals surface area (Å²) in [7, 11) is 1.65. The Morgan fingerprint density at radius 2 is 1.96 bits per heavy atom. The number of nitrogens with zero attached hydrogens (tertiary/aromatic N) is 4. The number of anilines is 1. The summed E-state index contributed by atoms with van der Waals surface area (Å²) >= 11 is 0. The van der Waals surface area contributed by atoms with Crippen molar-refractivity contribution in [1.82, 2.24) is 19.8 Å². The number of carbonyl (C=O) groups excluding carboxylic acids is 2.